The molecule has 0 radical (unpaired) electrons. The second-order valence-corrected chi connectivity index (χ2v) is 5.20. The van der Waals surface area contributed by atoms with Gasteiger partial charge in [-0.3, -0.25) is 4.79 Å². The summed E-state index contributed by atoms with van der Waals surface area (Å²) in [4.78, 5) is 12.0. The molecule has 0 unspecified atom stereocenters. The Morgan fingerprint density at radius 2 is 1.95 bits per heavy atom. The van der Waals surface area contributed by atoms with Crippen molar-refractivity contribution in [2.45, 2.75) is 25.3 Å². The molecule has 1 fully saturated rings. The minimum absolute atomic E-state index is 0.0617. The quantitative estimate of drug-likeness (QED) is 0.770. The van der Waals surface area contributed by atoms with Gasteiger partial charge in [-0.2, -0.15) is 0 Å². The second-order valence-electron chi connectivity index (χ2n) is 5.20. The summed E-state index contributed by atoms with van der Waals surface area (Å²) in [5.74, 6) is 1.30. The third-order valence-electron chi connectivity index (χ3n) is 3.45. The minimum atomic E-state index is -0.0617. The van der Waals surface area contributed by atoms with E-state index in [1.165, 1.54) is 12.8 Å². The van der Waals surface area contributed by atoms with Crippen LogP contribution in [-0.4, -0.2) is 38.3 Å². The summed E-state index contributed by atoms with van der Waals surface area (Å²) in [7, 11) is 0. The monoisotopic (exact) mass is 276 g/mol. The molecule has 3 rings (SSSR count). The molecule has 0 aromatic heterocycles. The number of hydrogen-bond donors (Lipinski definition) is 2. The lowest BCUT2D eigenvalue weighted by Crippen LogP contribution is -2.28. The Hall–Kier alpha value is -1.75. The number of carbonyl (C=O) groups excluding carboxylic acids is 1. The van der Waals surface area contributed by atoms with Crippen molar-refractivity contribution in [2.24, 2.45) is 0 Å². The first-order chi connectivity index (χ1) is 9.83. The Kier molecular flexibility index (Phi) is 4.06. The number of carbonyl (C=O) groups is 1. The van der Waals surface area contributed by atoms with E-state index in [1.807, 2.05) is 0 Å². The van der Waals surface area contributed by atoms with Crippen molar-refractivity contribution in [3.05, 3.63) is 23.8 Å². The van der Waals surface area contributed by atoms with E-state index >= 15 is 0 Å². The van der Waals surface area contributed by atoms with Gasteiger partial charge in [0.1, 0.15) is 13.2 Å². The zero-order valence-corrected chi connectivity index (χ0v) is 11.5. The molecular formula is C15H20N2O3. The maximum atomic E-state index is 12.0. The molecule has 1 aromatic carbocycles. The van der Waals surface area contributed by atoms with Crippen LogP contribution in [0.2, 0.25) is 0 Å². The molecule has 20 heavy (non-hydrogen) atoms. The number of fused-ring (bicyclic) bond motifs is 1. The van der Waals surface area contributed by atoms with Crippen molar-refractivity contribution in [1.82, 2.24) is 10.6 Å². The Morgan fingerprint density at radius 1 is 1.15 bits per heavy atom. The molecule has 2 N–H and O–H groups in total. The van der Waals surface area contributed by atoms with Crippen molar-refractivity contribution in [3.63, 3.8) is 0 Å². The minimum Gasteiger partial charge on any atom is -0.486 e. The molecular weight excluding hydrogens is 256 g/mol. The van der Waals surface area contributed by atoms with Crippen LogP contribution >= 0.6 is 0 Å². The largest absolute Gasteiger partial charge is 0.486 e. The number of hydrogen-bond acceptors (Lipinski definition) is 4. The molecule has 1 aliphatic heterocycles. The summed E-state index contributed by atoms with van der Waals surface area (Å²) in [5.41, 5.74) is 0.615. The number of benzene rings is 1. The maximum Gasteiger partial charge on any atom is 0.251 e. The zero-order chi connectivity index (χ0) is 13.8. The average Bonchev–Trinajstić information content (AvgIpc) is 3.30. The number of ether oxygens (including phenoxy) is 2. The molecule has 2 aliphatic rings. The normalized spacial score (nSPS) is 16.8. The van der Waals surface area contributed by atoms with E-state index in [1.54, 1.807) is 18.2 Å². The fraction of sp³-hybridized carbons (Fsp3) is 0.533. The molecule has 1 aliphatic carbocycles. The van der Waals surface area contributed by atoms with Crippen molar-refractivity contribution in [1.29, 1.82) is 0 Å². The Morgan fingerprint density at radius 3 is 2.75 bits per heavy atom. The Bertz CT molecular complexity index is 486. The lowest BCUT2D eigenvalue weighted by molar-refractivity contribution is 0.0952. The molecule has 108 valence electrons. The van der Waals surface area contributed by atoms with E-state index in [4.69, 9.17) is 9.47 Å². The SMILES string of the molecule is O=C(NCCCNC1CC1)c1ccc2c(c1)OCCO2. The van der Waals surface area contributed by atoms with Gasteiger partial charge < -0.3 is 20.1 Å². The van der Waals surface area contributed by atoms with E-state index in [0.29, 0.717) is 36.8 Å². The van der Waals surface area contributed by atoms with Gasteiger partial charge in [0.25, 0.3) is 5.91 Å². The van der Waals surface area contributed by atoms with E-state index in [0.717, 1.165) is 19.0 Å². The lowest BCUT2D eigenvalue weighted by Gasteiger charge is -2.18. The van der Waals surface area contributed by atoms with E-state index in [9.17, 15) is 4.79 Å². The number of amides is 1. The maximum absolute atomic E-state index is 12.0. The van der Waals surface area contributed by atoms with Crippen LogP contribution in [0.4, 0.5) is 0 Å². The highest BCUT2D eigenvalue weighted by Gasteiger charge is 2.19. The predicted molar refractivity (Wildman–Crippen MR) is 75.4 cm³/mol. The molecule has 1 aromatic rings. The first-order valence-corrected chi connectivity index (χ1v) is 7.24. The summed E-state index contributed by atoms with van der Waals surface area (Å²) in [5, 5.41) is 6.35. The van der Waals surface area contributed by atoms with E-state index < -0.39 is 0 Å². The number of nitrogens with one attached hydrogen (secondary N) is 2. The van der Waals surface area contributed by atoms with Crippen LogP contribution in [-0.2, 0) is 0 Å². The fourth-order valence-electron chi connectivity index (χ4n) is 2.17. The lowest BCUT2D eigenvalue weighted by atomic mass is 10.2. The molecule has 0 saturated heterocycles. The van der Waals surface area contributed by atoms with E-state index in [2.05, 4.69) is 10.6 Å². The summed E-state index contributed by atoms with van der Waals surface area (Å²) < 4.78 is 10.9. The highest BCUT2D eigenvalue weighted by atomic mass is 16.6. The van der Waals surface area contributed by atoms with Crippen molar-refractivity contribution >= 4 is 5.91 Å². The molecule has 1 amide bonds. The van der Waals surface area contributed by atoms with Crippen molar-refractivity contribution in [3.8, 4) is 11.5 Å². The van der Waals surface area contributed by atoms with Crippen LogP contribution in [0, 0.1) is 0 Å². The Labute approximate surface area is 118 Å². The molecule has 0 bridgehead atoms. The number of rotatable bonds is 6. The van der Waals surface area contributed by atoms with Crippen LogP contribution < -0.4 is 20.1 Å². The summed E-state index contributed by atoms with van der Waals surface area (Å²) in [6, 6.07) is 6.03. The van der Waals surface area contributed by atoms with Crippen LogP contribution in [0.5, 0.6) is 11.5 Å². The molecule has 1 saturated carbocycles. The van der Waals surface area contributed by atoms with Gasteiger partial charge in [0, 0.05) is 18.2 Å². The molecule has 0 spiro atoms. The van der Waals surface area contributed by atoms with Gasteiger partial charge in [0.05, 0.1) is 0 Å². The van der Waals surface area contributed by atoms with Gasteiger partial charge in [-0.1, -0.05) is 0 Å². The van der Waals surface area contributed by atoms with Gasteiger partial charge in [-0.05, 0) is 44.0 Å². The van der Waals surface area contributed by atoms with Gasteiger partial charge in [0.2, 0.25) is 0 Å². The van der Waals surface area contributed by atoms with Crippen LogP contribution in [0.1, 0.15) is 29.6 Å². The fourth-order valence-corrected chi connectivity index (χ4v) is 2.17. The van der Waals surface area contributed by atoms with Crippen LogP contribution in [0.3, 0.4) is 0 Å². The third kappa shape index (κ3) is 3.42. The smallest absolute Gasteiger partial charge is 0.251 e. The molecule has 0 atom stereocenters. The summed E-state index contributed by atoms with van der Waals surface area (Å²) >= 11 is 0. The topological polar surface area (TPSA) is 59.6 Å². The third-order valence-corrected chi connectivity index (χ3v) is 3.45. The van der Waals surface area contributed by atoms with Crippen LogP contribution in [0.25, 0.3) is 0 Å². The predicted octanol–water partition coefficient (Wildman–Crippen LogP) is 1.33. The molecule has 5 heteroatoms. The van der Waals surface area contributed by atoms with Crippen LogP contribution in [0.15, 0.2) is 18.2 Å². The zero-order valence-electron chi connectivity index (χ0n) is 11.5. The first-order valence-electron chi connectivity index (χ1n) is 7.24. The highest BCUT2D eigenvalue weighted by molar-refractivity contribution is 5.94. The summed E-state index contributed by atoms with van der Waals surface area (Å²) in [6.07, 6.45) is 3.54. The molecule has 5 nitrogen and oxygen atoms in total. The first kappa shape index (κ1) is 13.2. The van der Waals surface area contributed by atoms with Gasteiger partial charge in [-0.25, -0.2) is 0 Å². The Balaban J connectivity index is 1.46. The molecule has 1 heterocycles. The standard InChI is InChI=1S/C15H20N2O3/c18-15(17-7-1-6-16-12-3-4-12)11-2-5-13-14(10-11)20-9-8-19-13/h2,5,10,12,16H,1,3-4,6-9H2,(H,17,18). The van der Waals surface area contributed by atoms with Crippen molar-refractivity contribution in [2.75, 3.05) is 26.3 Å². The van der Waals surface area contributed by atoms with Crippen molar-refractivity contribution < 1.29 is 14.3 Å². The highest BCUT2D eigenvalue weighted by Crippen LogP contribution is 2.30. The average molecular weight is 276 g/mol. The van der Waals surface area contributed by atoms with Gasteiger partial charge in [-0.15, -0.1) is 0 Å². The van der Waals surface area contributed by atoms with Gasteiger partial charge in [0.15, 0.2) is 11.5 Å². The second kappa shape index (κ2) is 6.13. The van der Waals surface area contributed by atoms with Gasteiger partial charge >= 0.3 is 0 Å². The summed E-state index contributed by atoms with van der Waals surface area (Å²) in [6.45, 7) is 2.75. The van der Waals surface area contributed by atoms with E-state index in [-0.39, 0.29) is 5.91 Å².